The molecule has 0 aromatic carbocycles. The maximum absolute atomic E-state index is 5.72. The topological polar surface area (TPSA) is 30.5 Å². The van der Waals surface area contributed by atoms with E-state index in [0.29, 0.717) is 5.92 Å². The van der Waals surface area contributed by atoms with Gasteiger partial charge in [0, 0.05) is 32.7 Å². The molecule has 98 valence electrons. The molecular weight excluding hydrogens is 226 g/mol. The Morgan fingerprint density at radius 3 is 2.62 bits per heavy atom. The first-order valence-electron chi connectivity index (χ1n) is 6.14. The van der Waals surface area contributed by atoms with Gasteiger partial charge in [-0.25, -0.2) is 0 Å². The summed E-state index contributed by atoms with van der Waals surface area (Å²) in [6.07, 6.45) is 3.37. The van der Waals surface area contributed by atoms with Gasteiger partial charge in [-0.15, -0.1) is 11.6 Å². The Balaban J connectivity index is 2.93. The molecular formula is C12H26ClNO2. The highest BCUT2D eigenvalue weighted by Crippen LogP contribution is 2.05. The zero-order chi connectivity index (χ0) is 12.1. The van der Waals surface area contributed by atoms with Crippen LogP contribution in [-0.4, -0.2) is 45.9 Å². The van der Waals surface area contributed by atoms with Crippen LogP contribution in [-0.2, 0) is 9.47 Å². The number of nitrogens with one attached hydrogen (secondary N) is 1. The lowest BCUT2D eigenvalue weighted by atomic mass is 10.1. The van der Waals surface area contributed by atoms with Crippen LogP contribution < -0.4 is 5.32 Å². The summed E-state index contributed by atoms with van der Waals surface area (Å²) in [7, 11) is 1.71. The second kappa shape index (κ2) is 13.2. The predicted octanol–water partition coefficient (Wildman–Crippen LogP) is 2.28. The third kappa shape index (κ3) is 12.2. The average molecular weight is 252 g/mol. The first-order chi connectivity index (χ1) is 7.81. The molecule has 4 heteroatoms. The van der Waals surface area contributed by atoms with E-state index >= 15 is 0 Å². The molecule has 0 radical (unpaired) electrons. The summed E-state index contributed by atoms with van der Waals surface area (Å²) in [5.41, 5.74) is 0. The molecule has 0 bridgehead atoms. The fraction of sp³-hybridized carbons (Fsp3) is 1.00. The van der Waals surface area contributed by atoms with Gasteiger partial charge in [0.25, 0.3) is 0 Å². The summed E-state index contributed by atoms with van der Waals surface area (Å²) in [4.78, 5) is 0. The molecule has 0 heterocycles. The summed E-state index contributed by atoms with van der Waals surface area (Å²) in [5.74, 6) is 1.40. The molecule has 0 saturated carbocycles. The molecule has 0 fully saturated rings. The van der Waals surface area contributed by atoms with Crippen LogP contribution in [0.1, 0.15) is 26.2 Å². The smallest absolute Gasteiger partial charge is 0.0590 e. The highest BCUT2D eigenvalue weighted by molar-refractivity contribution is 6.18. The maximum Gasteiger partial charge on any atom is 0.0590 e. The molecule has 0 aliphatic heterocycles. The predicted molar refractivity (Wildman–Crippen MR) is 69.3 cm³/mol. The SMILES string of the molecule is COCCCOCCNCCCC(C)CCl. The largest absolute Gasteiger partial charge is 0.385 e. The van der Waals surface area contributed by atoms with E-state index in [2.05, 4.69) is 12.2 Å². The van der Waals surface area contributed by atoms with Crippen LogP contribution in [0.15, 0.2) is 0 Å². The standard InChI is InChI=1S/C12H26ClNO2/c1-12(11-13)5-3-6-14-7-10-16-9-4-8-15-2/h12,14H,3-11H2,1-2H3. The van der Waals surface area contributed by atoms with E-state index < -0.39 is 0 Å². The van der Waals surface area contributed by atoms with Crippen LogP contribution in [0.4, 0.5) is 0 Å². The average Bonchev–Trinajstić information content (AvgIpc) is 2.31. The van der Waals surface area contributed by atoms with Crippen molar-refractivity contribution in [3.05, 3.63) is 0 Å². The van der Waals surface area contributed by atoms with Gasteiger partial charge in [0.2, 0.25) is 0 Å². The van der Waals surface area contributed by atoms with Gasteiger partial charge in [-0.3, -0.25) is 0 Å². The van der Waals surface area contributed by atoms with Gasteiger partial charge < -0.3 is 14.8 Å². The van der Waals surface area contributed by atoms with Crippen molar-refractivity contribution in [3.63, 3.8) is 0 Å². The van der Waals surface area contributed by atoms with Crippen molar-refractivity contribution >= 4 is 11.6 Å². The highest BCUT2D eigenvalue weighted by atomic mass is 35.5. The van der Waals surface area contributed by atoms with Gasteiger partial charge in [0.1, 0.15) is 0 Å². The van der Waals surface area contributed by atoms with E-state index in [-0.39, 0.29) is 0 Å². The van der Waals surface area contributed by atoms with Crippen molar-refractivity contribution in [1.29, 1.82) is 0 Å². The number of ether oxygens (including phenoxy) is 2. The molecule has 1 atom stereocenters. The van der Waals surface area contributed by atoms with Crippen molar-refractivity contribution in [1.82, 2.24) is 5.32 Å². The fourth-order valence-electron chi connectivity index (χ4n) is 1.33. The van der Waals surface area contributed by atoms with E-state index in [1.807, 2.05) is 0 Å². The van der Waals surface area contributed by atoms with Gasteiger partial charge in [0.15, 0.2) is 0 Å². The summed E-state index contributed by atoms with van der Waals surface area (Å²) < 4.78 is 10.3. The van der Waals surface area contributed by atoms with Crippen LogP contribution in [0.2, 0.25) is 0 Å². The number of rotatable bonds is 12. The lowest BCUT2D eigenvalue weighted by Crippen LogP contribution is -2.21. The number of hydrogen-bond acceptors (Lipinski definition) is 3. The minimum absolute atomic E-state index is 0.633. The summed E-state index contributed by atoms with van der Waals surface area (Å²) >= 11 is 5.72. The molecule has 0 saturated heterocycles. The summed E-state index contributed by atoms with van der Waals surface area (Å²) in [5, 5.41) is 3.36. The van der Waals surface area contributed by atoms with E-state index in [4.69, 9.17) is 21.1 Å². The van der Waals surface area contributed by atoms with Crippen LogP contribution in [0.3, 0.4) is 0 Å². The Bertz CT molecular complexity index is 136. The molecule has 0 aliphatic rings. The van der Waals surface area contributed by atoms with E-state index in [1.54, 1.807) is 7.11 Å². The van der Waals surface area contributed by atoms with E-state index in [0.717, 1.165) is 45.2 Å². The third-order valence-corrected chi connectivity index (χ3v) is 2.90. The zero-order valence-corrected chi connectivity index (χ0v) is 11.4. The third-order valence-electron chi connectivity index (χ3n) is 2.37. The van der Waals surface area contributed by atoms with Gasteiger partial charge in [-0.1, -0.05) is 6.92 Å². The van der Waals surface area contributed by atoms with Gasteiger partial charge in [-0.2, -0.15) is 0 Å². The fourth-order valence-corrected chi connectivity index (χ4v) is 1.48. The number of alkyl halides is 1. The number of methoxy groups -OCH3 is 1. The monoisotopic (exact) mass is 251 g/mol. The van der Waals surface area contributed by atoms with Crippen molar-refractivity contribution in [2.75, 3.05) is 45.9 Å². The van der Waals surface area contributed by atoms with E-state index in [9.17, 15) is 0 Å². The lowest BCUT2D eigenvalue weighted by molar-refractivity contribution is 0.104. The summed E-state index contributed by atoms with van der Waals surface area (Å²) in [6, 6.07) is 0. The van der Waals surface area contributed by atoms with Gasteiger partial charge in [-0.05, 0) is 31.7 Å². The van der Waals surface area contributed by atoms with Crippen molar-refractivity contribution in [2.24, 2.45) is 5.92 Å². The van der Waals surface area contributed by atoms with Crippen molar-refractivity contribution in [3.8, 4) is 0 Å². The Morgan fingerprint density at radius 1 is 1.12 bits per heavy atom. The molecule has 0 rings (SSSR count). The lowest BCUT2D eigenvalue weighted by Gasteiger charge is -2.08. The second-order valence-corrected chi connectivity index (χ2v) is 4.42. The minimum atomic E-state index is 0.633. The summed E-state index contributed by atoms with van der Waals surface area (Å²) in [6.45, 7) is 6.54. The molecule has 0 spiro atoms. The molecule has 3 nitrogen and oxygen atoms in total. The Labute approximate surface area is 105 Å². The maximum atomic E-state index is 5.72. The normalized spacial score (nSPS) is 12.9. The number of halogens is 1. The molecule has 0 aromatic heterocycles. The van der Waals surface area contributed by atoms with Crippen molar-refractivity contribution in [2.45, 2.75) is 26.2 Å². The van der Waals surface area contributed by atoms with Crippen molar-refractivity contribution < 1.29 is 9.47 Å². The molecule has 0 aliphatic carbocycles. The zero-order valence-electron chi connectivity index (χ0n) is 10.6. The first-order valence-corrected chi connectivity index (χ1v) is 6.68. The number of hydrogen-bond donors (Lipinski definition) is 1. The quantitative estimate of drug-likeness (QED) is 0.427. The Morgan fingerprint density at radius 2 is 1.94 bits per heavy atom. The Hall–Kier alpha value is 0.170. The Kier molecular flexibility index (Phi) is 13.4. The van der Waals surface area contributed by atoms with Gasteiger partial charge in [0.05, 0.1) is 6.61 Å². The van der Waals surface area contributed by atoms with Gasteiger partial charge >= 0.3 is 0 Å². The first kappa shape index (κ1) is 16.2. The molecule has 16 heavy (non-hydrogen) atoms. The highest BCUT2D eigenvalue weighted by Gasteiger charge is 1.98. The molecule has 0 aromatic rings. The second-order valence-electron chi connectivity index (χ2n) is 4.11. The molecule has 0 amide bonds. The minimum Gasteiger partial charge on any atom is -0.385 e. The van der Waals surface area contributed by atoms with Crippen LogP contribution in [0.25, 0.3) is 0 Å². The molecule has 1 N–H and O–H groups in total. The van der Waals surface area contributed by atoms with Crippen LogP contribution in [0.5, 0.6) is 0 Å². The van der Waals surface area contributed by atoms with Crippen LogP contribution in [0, 0.1) is 5.92 Å². The van der Waals surface area contributed by atoms with Crippen LogP contribution >= 0.6 is 11.6 Å². The molecule has 1 unspecified atom stereocenters. The van der Waals surface area contributed by atoms with E-state index in [1.165, 1.54) is 12.8 Å².